The van der Waals surface area contributed by atoms with Gasteiger partial charge in [0.1, 0.15) is 0 Å². The minimum absolute atomic E-state index is 0.0547. The van der Waals surface area contributed by atoms with Gasteiger partial charge in [0.05, 0.1) is 5.60 Å². The summed E-state index contributed by atoms with van der Waals surface area (Å²) >= 11 is 1.47. The van der Waals surface area contributed by atoms with Crippen molar-refractivity contribution in [1.82, 2.24) is 10.2 Å². The minimum Gasteiger partial charge on any atom is -0.388 e. The van der Waals surface area contributed by atoms with Crippen LogP contribution in [0.1, 0.15) is 42.5 Å². The number of aliphatic hydroxyl groups is 1. The Morgan fingerprint density at radius 1 is 1.43 bits per heavy atom. The molecule has 0 aromatic carbocycles. The van der Waals surface area contributed by atoms with Crippen LogP contribution in [0.3, 0.4) is 0 Å². The highest BCUT2D eigenvalue weighted by Crippen LogP contribution is 2.29. The van der Waals surface area contributed by atoms with Crippen LogP contribution >= 0.6 is 11.3 Å². The zero-order chi connectivity index (χ0) is 15.3. The van der Waals surface area contributed by atoms with Crippen LogP contribution in [-0.4, -0.2) is 47.6 Å². The van der Waals surface area contributed by atoms with Crippen LogP contribution in [0.25, 0.3) is 0 Å². The molecule has 0 unspecified atom stereocenters. The summed E-state index contributed by atoms with van der Waals surface area (Å²) in [5.41, 5.74) is -0.0919. The lowest BCUT2D eigenvalue weighted by molar-refractivity contribution is -0.133. The van der Waals surface area contributed by atoms with Gasteiger partial charge in [-0.3, -0.25) is 9.59 Å². The molecule has 21 heavy (non-hydrogen) atoms. The molecular formula is C15H22N2O3S. The van der Waals surface area contributed by atoms with E-state index >= 15 is 0 Å². The number of carbonyl (C=O) groups excluding carboxylic acids is 2. The van der Waals surface area contributed by atoms with Gasteiger partial charge in [-0.15, -0.1) is 0 Å². The van der Waals surface area contributed by atoms with Crippen molar-refractivity contribution in [1.29, 1.82) is 0 Å². The Bertz CT molecular complexity index is 481. The molecule has 0 aliphatic heterocycles. The second-order valence-corrected chi connectivity index (χ2v) is 6.48. The van der Waals surface area contributed by atoms with Gasteiger partial charge in [0, 0.05) is 37.5 Å². The lowest BCUT2D eigenvalue weighted by atomic mass is 10.0. The molecule has 116 valence electrons. The SMILES string of the molecule is CN(CC1(O)CCCC1)C(=O)CCNC(=O)c1ccsc1. The van der Waals surface area contributed by atoms with E-state index < -0.39 is 5.60 Å². The zero-order valence-corrected chi connectivity index (χ0v) is 13.1. The topological polar surface area (TPSA) is 69.6 Å². The van der Waals surface area contributed by atoms with Crippen molar-refractivity contribution in [2.24, 2.45) is 0 Å². The maximum Gasteiger partial charge on any atom is 0.252 e. The van der Waals surface area contributed by atoms with Gasteiger partial charge in [0.25, 0.3) is 5.91 Å². The second kappa shape index (κ2) is 7.04. The van der Waals surface area contributed by atoms with E-state index in [9.17, 15) is 14.7 Å². The average Bonchev–Trinajstić information content (AvgIpc) is 3.09. The van der Waals surface area contributed by atoms with Gasteiger partial charge in [-0.25, -0.2) is 0 Å². The molecule has 2 amide bonds. The number of hydrogen-bond acceptors (Lipinski definition) is 4. The van der Waals surface area contributed by atoms with Gasteiger partial charge in [-0.2, -0.15) is 11.3 Å². The second-order valence-electron chi connectivity index (χ2n) is 5.70. The summed E-state index contributed by atoms with van der Waals surface area (Å²) in [5, 5.41) is 16.6. The standard InChI is InChI=1S/C15H22N2O3S/c1-17(11-15(20)6-2-3-7-15)13(18)4-8-16-14(19)12-5-9-21-10-12/h5,9-10,20H,2-4,6-8,11H2,1H3,(H,16,19). The summed E-state index contributed by atoms with van der Waals surface area (Å²) in [6, 6.07) is 1.75. The number of thiophene rings is 1. The van der Waals surface area contributed by atoms with E-state index in [0.29, 0.717) is 18.7 Å². The predicted molar refractivity (Wildman–Crippen MR) is 82.3 cm³/mol. The van der Waals surface area contributed by atoms with E-state index in [1.165, 1.54) is 11.3 Å². The molecule has 1 fully saturated rings. The third kappa shape index (κ3) is 4.54. The van der Waals surface area contributed by atoms with Crippen LogP contribution in [0, 0.1) is 0 Å². The molecule has 6 heteroatoms. The summed E-state index contributed by atoms with van der Waals surface area (Å²) < 4.78 is 0. The van der Waals surface area contributed by atoms with E-state index in [1.807, 2.05) is 5.38 Å². The highest BCUT2D eigenvalue weighted by molar-refractivity contribution is 7.08. The quantitative estimate of drug-likeness (QED) is 0.839. The molecule has 1 heterocycles. The van der Waals surface area contributed by atoms with Gasteiger partial charge in [0.15, 0.2) is 0 Å². The molecule has 0 saturated heterocycles. The average molecular weight is 310 g/mol. The zero-order valence-electron chi connectivity index (χ0n) is 12.3. The Hall–Kier alpha value is -1.40. The Labute approximate surface area is 129 Å². The van der Waals surface area contributed by atoms with Crippen LogP contribution in [-0.2, 0) is 4.79 Å². The maximum atomic E-state index is 12.0. The first-order valence-electron chi connectivity index (χ1n) is 7.27. The molecule has 2 N–H and O–H groups in total. The fourth-order valence-corrected chi connectivity index (χ4v) is 3.33. The Kier molecular flexibility index (Phi) is 5.36. The molecule has 1 aliphatic rings. The molecule has 0 radical (unpaired) electrons. The Morgan fingerprint density at radius 3 is 2.76 bits per heavy atom. The first-order valence-corrected chi connectivity index (χ1v) is 8.21. The minimum atomic E-state index is -0.718. The van der Waals surface area contributed by atoms with Crippen molar-refractivity contribution in [3.63, 3.8) is 0 Å². The van der Waals surface area contributed by atoms with Crippen LogP contribution in [0.15, 0.2) is 16.8 Å². The first-order chi connectivity index (χ1) is 10.0. The molecular weight excluding hydrogens is 288 g/mol. The highest BCUT2D eigenvalue weighted by Gasteiger charge is 2.33. The van der Waals surface area contributed by atoms with Gasteiger partial charge in [-0.05, 0) is 24.3 Å². The number of likely N-dealkylation sites (N-methyl/N-ethyl adjacent to an activating group) is 1. The summed E-state index contributed by atoms with van der Waals surface area (Å²) in [4.78, 5) is 25.3. The molecule has 0 atom stereocenters. The lowest BCUT2D eigenvalue weighted by Crippen LogP contribution is -2.42. The number of hydrogen-bond donors (Lipinski definition) is 2. The van der Waals surface area contributed by atoms with Crippen molar-refractivity contribution in [2.75, 3.05) is 20.1 Å². The van der Waals surface area contributed by atoms with Crippen molar-refractivity contribution in [3.8, 4) is 0 Å². The van der Waals surface area contributed by atoms with Crippen molar-refractivity contribution < 1.29 is 14.7 Å². The van der Waals surface area contributed by atoms with Crippen molar-refractivity contribution >= 4 is 23.2 Å². The number of carbonyl (C=O) groups is 2. The fourth-order valence-electron chi connectivity index (χ4n) is 2.69. The Morgan fingerprint density at radius 2 is 2.14 bits per heavy atom. The van der Waals surface area contributed by atoms with Crippen LogP contribution in [0.2, 0.25) is 0 Å². The summed E-state index contributed by atoms with van der Waals surface area (Å²) in [7, 11) is 1.71. The van der Waals surface area contributed by atoms with Crippen LogP contribution in [0.5, 0.6) is 0 Å². The Balaban J connectivity index is 1.70. The molecule has 1 aromatic rings. The van der Waals surface area contributed by atoms with Gasteiger partial charge in [-0.1, -0.05) is 12.8 Å². The molecule has 0 bridgehead atoms. The third-order valence-electron chi connectivity index (χ3n) is 3.90. The smallest absolute Gasteiger partial charge is 0.252 e. The van der Waals surface area contributed by atoms with E-state index in [-0.39, 0.29) is 18.2 Å². The molecule has 1 aromatic heterocycles. The largest absolute Gasteiger partial charge is 0.388 e. The number of amides is 2. The summed E-state index contributed by atoms with van der Waals surface area (Å²) in [5.74, 6) is -0.206. The third-order valence-corrected chi connectivity index (χ3v) is 4.58. The molecule has 1 saturated carbocycles. The molecule has 5 nitrogen and oxygen atoms in total. The van der Waals surface area contributed by atoms with Crippen molar-refractivity contribution in [2.45, 2.75) is 37.7 Å². The van der Waals surface area contributed by atoms with Gasteiger partial charge >= 0.3 is 0 Å². The number of nitrogens with zero attached hydrogens (tertiary/aromatic N) is 1. The lowest BCUT2D eigenvalue weighted by Gasteiger charge is -2.28. The van der Waals surface area contributed by atoms with E-state index in [4.69, 9.17) is 0 Å². The molecule has 0 spiro atoms. The van der Waals surface area contributed by atoms with E-state index in [1.54, 1.807) is 23.4 Å². The maximum absolute atomic E-state index is 12.0. The predicted octanol–water partition coefficient (Wildman–Crippen LogP) is 1.63. The monoisotopic (exact) mass is 310 g/mol. The fraction of sp³-hybridized carbons (Fsp3) is 0.600. The number of rotatable bonds is 6. The summed E-state index contributed by atoms with van der Waals surface area (Å²) in [6.07, 6.45) is 3.83. The molecule has 2 rings (SSSR count). The van der Waals surface area contributed by atoms with Crippen LogP contribution in [0.4, 0.5) is 0 Å². The first kappa shape index (κ1) is 16.0. The van der Waals surface area contributed by atoms with Gasteiger partial charge < -0.3 is 15.3 Å². The summed E-state index contributed by atoms with van der Waals surface area (Å²) in [6.45, 7) is 0.695. The van der Waals surface area contributed by atoms with Crippen molar-refractivity contribution in [3.05, 3.63) is 22.4 Å². The molecule has 1 aliphatic carbocycles. The van der Waals surface area contributed by atoms with E-state index in [0.717, 1.165) is 25.7 Å². The van der Waals surface area contributed by atoms with Gasteiger partial charge in [0.2, 0.25) is 5.91 Å². The van der Waals surface area contributed by atoms with Crippen LogP contribution < -0.4 is 5.32 Å². The highest BCUT2D eigenvalue weighted by atomic mass is 32.1. The number of nitrogens with one attached hydrogen (secondary N) is 1. The van der Waals surface area contributed by atoms with E-state index in [2.05, 4.69) is 5.32 Å². The normalized spacial score (nSPS) is 16.7.